The van der Waals surface area contributed by atoms with Crippen molar-refractivity contribution < 1.29 is 13.2 Å². The van der Waals surface area contributed by atoms with Gasteiger partial charge in [0, 0.05) is 55.8 Å². The fraction of sp³-hybridized carbons (Fsp3) is 0.304. The fourth-order valence-electron chi connectivity index (χ4n) is 3.86. The topological polar surface area (TPSA) is 87.5 Å². The van der Waals surface area contributed by atoms with Gasteiger partial charge in [-0.1, -0.05) is 35.4 Å². The van der Waals surface area contributed by atoms with Crippen LogP contribution in [0.2, 0.25) is 5.02 Å². The molecule has 0 aliphatic carbocycles. The minimum atomic E-state index is -3.95. The third-order valence-electron chi connectivity index (χ3n) is 5.68. The fourth-order valence-corrected chi connectivity index (χ4v) is 5.57. The Morgan fingerprint density at radius 2 is 1.70 bits per heavy atom. The number of nitrogens with one attached hydrogen (secondary N) is 1. The highest BCUT2D eigenvalue weighted by Gasteiger charge is 2.34. The number of rotatable bonds is 5. The SMILES string of the molecule is Cc1ccc(NC(=O)c2cn(C)nc2S(=O)(=O)N2CCN(c3cc(Cl)ccc3C)CC2)cc1. The number of sulfonamides is 1. The molecule has 2 aromatic carbocycles. The number of piperazine rings is 1. The largest absolute Gasteiger partial charge is 0.369 e. The zero-order chi connectivity index (χ0) is 23.8. The minimum Gasteiger partial charge on any atom is -0.369 e. The summed E-state index contributed by atoms with van der Waals surface area (Å²) in [6.45, 7) is 5.54. The minimum absolute atomic E-state index is 0.0196. The summed E-state index contributed by atoms with van der Waals surface area (Å²) < 4.78 is 29.6. The average molecular weight is 488 g/mol. The van der Waals surface area contributed by atoms with Gasteiger partial charge in [-0.3, -0.25) is 9.48 Å². The van der Waals surface area contributed by atoms with Crippen LogP contribution >= 0.6 is 11.6 Å². The van der Waals surface area contributed by atoms with Crippen molar-refractivity contribution in [3.05, 3.63) is 70.4 Å². The van der Waals surface area contributed by atoms with E-state index >= 15 is 0 Å². The first kappa shape index (κ1) is 23.3. The number of nitrogens with zero attached hydrogens (tertiary/aromatic N) is 4. The van der Waals surface area contributed by atoms with E-state index in [4.69, 9.17) is 11.6 Å². The quantitative estimate of drug-likeness (QED) is 0.595. The Balaban J connectivity index is 1.53. The maximum Gasteiger partial charge on any atom is 0.263 e. The van der Waals surface area contributed by atoms with E-state index in [1.165, 1.54) is 15.2 Å². The summed E-state index contributed by atoms with van der Waals surface area (Å²) in [4.78, 5) is 15.0. The summed E-state index contributed by atoms with van der Waals surface area (Å²) >= 11 is 6.15. The summed E-state index contributed by atoms with van der Waals surface area (Å²) in [7, 11) is -2.35. The van der Waals surface area contributed by atoms with Crippen molar-refractivity contribution in [3.63, 3.8) is 0 Å². The average Bonchev–Trinajstić information content (AvgIpc) is 3.20. The van der Waals surface area contributed by atoms with Crippen LogP contribution in [0.25, 0.3) is 0 Å². The van der Waals surface area contributed by atoms with Gasteiger partial charge >= 0.3 is 0 Å². The molecule has 1 amide bonds. The summed E-state index contributed by atoms with van der Waals surface area (Å²) in [5.74, 6) is -0.515. The number of anilines is 2. The zero-order valence-electron chi connectivity index (χ0n) is 18.7. The van der Waals surface area contributed by atoms with Gasteiger partial charge < -0.3 is 10.2 Å². The molecule has 10 heteroatoms. The van der Waals surface area contributed by atoms with E-state index in [1.807, 2.05) is 44.2 Å². The number of benzene rings is 2. The normalized spacial score (nSPS) is 15.0. The Hall–Kier alpha value is -2.88. The Kier molecular flexibility index (Phi) is 6.47. The highest BCUT2D eigenvalue weighted by Crippen LogP contribution is 2.27. The van der Waals surface area contributed by atoms with Crippen LogP contribution in [0, 0.1) is 13.8 Å². The van der Waals surface area contributed by atoms with E-state index in [0.717, 1.165) is 16.8 Å². The molecule has 1 N–H and O–H groups in total. The van der Waals surface area contributed by atoms with Gasteiger partial charge in [-0.25, -0.2) is 8.42 Å². The Labute approximate surface area is 198 Å². The molecule has 1 saturated heterocycles. The molecule has 1 aliphatic heterocycles. The number of halogens is 1. The molecule has 0 atom stereocenters. The lowest BCUT2D eigenvalue weighted by Crippen LogP contribution is -2.49. The number of hydrogen-bond donors (Lipinski definition) is 1. The van der Waals surface area contributed by atoms with Crippen molar-refractivity contribution >= 4 is 38.9 Å². The molecule has 4 rings (SSSR count). The molecule has 3 aromatic rings. The number of hydrogen-bond acceptors (Lipinski definition) is 5. The van der Waals surface area contributed by atoms with Crippen molar-refractivity contribution in [2.75, 3.05) is 36.4 Å². The summed E-state index contributed by atoms with van der Waals surface area (Å²) in [6, 6.07) is 13.0. The maximum absolute atomic E-state index is 13.4. The van der Waals surface area contributed by atoms with Crippen LogP contribution in [0.1, 0.15) is 21.5 Å². The monoisotopic (exact) mass is 487 g/mol. The second-order valence-corrected chi connectivity index (χ2v) is 10.5. The van der Waals surface area contributed by atoms with Crippen molar-refractivity contribution in [2.24, 2.45) is 7.05 Å². The van der Waals surface area contributed by atoms with E-state index in [0.29, 0.717) is 23.8 Å². The lowest BCUT2D eigenvalue weighted by Gasteiger charge is -2.35. The molecule has 174 valence electrons. The Morgan fingerprint density at radius 1 is 1.03 bits per heavy atom. The molecule has 8 nitrogen and oxygen atoms in total. The number of amides is 1. The standard InChI is InChI=1S/C23H26ClN5O3S/c1-16-4-8-19(9-5-16)25-22(30)20-15-27(3)26-23(20)33(31,32)29-12-10-28(11-13-29)21-14-18(24)7-6-17(21)2/h4-9,14-15H,10-13H2,1-3H3,(H,25,30). The first-order valence-corrected chi connectivity index (χ1v) is 12.4. The van der Waals surface area contributed by atoms with E-state index < -0.39 is 15.9 Å². The third-order valence-corrected chi connectivity index (χ3v) is 7.75. The predicted octanol–water partition coefficient (Wildman–Crippen LogP) is 3.45. The second-order valence-electron chi connectivity index (χ2n) is 8.16. The van der Waals surface area contributed by atoms with Crippen molar-refractivity contribution in [2.45, 2.75) is 18.9 Å². The number of carbonyl (C=O) groups is 1. The highest BCUT2D eigenvalue weighted by atomic mass is 35.5. The Morgan fingerprint density at radius 3 is 2.36 bits per heavy atom. The molecule has 0 bridgehead atoms. The van der Waals surface area contributed by atoms with Crippen molar-refractivity contribution in [1.29, 1.82) is 0 Å². The van der Waals surface area contributed by atoms with E-state index in [-0.39, 0.29) is 23.7 Å². The van der Waals surface area contributed by atoms with Crippen LogP contribution in [0.5, 0.6) is 0 Å². The second kappa shape index (κ2) is 9.17. The molecule has 1 aromatic heterocycles. The van der Waals surface area contributed by atoms with Crippen LogP contribution in [0.3, 0.4) is 0 Å². The van der Waals surface area contributed by atoms with Gasteiger partial charge in [0.25, 0.3) is 15.9 Å². The predicted molar refractivity (Wildman–Crippen MR) is 130 cm³/mol. The molecule has 0 radical (unpaired) electrons. The molecule has 2 heterocycles. The number of aromatic nitrogens is 2. The number of aryl methyl sites for hydroxylation is 3. The zero-order valence-corrected chi connectivity index (χ0v) is 20.3. The Bertz CT molecular complexity index is 1280. The molecule has 1 fully saturated rings. The van der Waals surface area contributed by atoms with Gasteiger partial charge in [0.2, 0.25) is 5.03 Å². The van der Waals surface area contributed by atoms with E-state index in [9.17, 15) is 13.2 Å². The summed E-state index contributed by atoms with van der Waals surface area (Å²) in [5, 5.41) is 7.30. The van der Waals surface area contributed by atoms with Crippen LogP contribution in [-0.4, -0.2) is 54.6 Å². The molecule has 0 unspecified atom stereocenters. The first-order valence-electron chi connectivity index (χ1n) is 10.6. The maximum atomic E-state index is 13.4. The van der Waals surface area contributed by atoms with Crippen molar-refractivity contribution in [3.8, 4) is 0 Å². The van der Waals surface area contributed by atoms with Crippen LogP contribution in [0.4, 0.5) is 11.4 Å². The van der Waals surface area contributed by atoms with Crippen LogP contribution in [-0.2, 0) is 17.1 Å². The molecular formula is C23H26ClN5O3S. The summed E-state index contributed by atoms with van der Waals surface area (Å²) in [5.41, 5.74) is 3.74. The molecular weight excluding hydrogens is 462 g/mol. The van der Waals surface area contributed by atoms with Gasteiger partial charge in [0.15, 0.2) is 0 Å². The lowest BCUT2D eigenvalue weighted by molar-refractivity contribution is 0.102. The van der Waals surface area contributed by atoms with Gasteiger partial charge in [-0.2, -0.15) is 9.40 Å². The van der Waals surface area contributed by atoms with Crippen LogP contribution < -0.4 is 10.2 Å². The van der Waals surface area contributed by atoms with Gasteiger partial charge in [-0.05, 0) is 43.7 Å². The molecule has 0 saturated carbocycles. The van der Waals surface area contributed by atoms with E-state index in [1.54, 1.807) is 19.2 Å². The van der Waals surface area contributed by atoms with Gasteiger partial charge in [0.1, 0.15) is 0 Å². The van der Waals surface area contributed by atoms with Crippen LogP contribution in [0.15, 0.2) is 53.7 Å². The number of carbonyl (C=O) groups excluding carboxylic acids is 1. The molecule has 1 aliphatic rings. The molecule has 33 heavy (non-hydrogen) atoms. The van der Waals surface area contributed by atoms with Gasteiger partial charge in [0.05, 0.1) is 5.56 Å². The lowest BCUT2D eigenvalue weighted by atomic mass is 10.1. The molecule has 0 spiro atoms. The third kappa shape index (κ3) is 4.90. The highest BCUT2D eigenvalue weighted by molar-refractivity contribution is 7.89. The van der Waals surface area contributed by atoms with Crippen molar-refractivity contribution in [1.82, 2.24) is 14.1 Å². The first-order chi connectivity index (χ1) is 15.6. The van der Waals surface area contributed by atoms with Gasteiger partial charge in [-0.15, -0.1) is 0 Å². The smallest absolute Gasteiger partial charge is 0.263 e. The van der Waals surface area contributed by atoms with E-state index in [2.05, 4.69) is 15.3 Å². The summed E-state index contributed by atoms with van der Waals surface area (Å²) in [6.07, 6.45) is 1.43.